The minimum atomic E-state index is -2.44. The maximum absolute atomic E-state index is 12.6. The average Bonchev–Trinajstić information content (AvgIpc) is 3.20. The first-order chi connectivity index (χ1) is 14.6. The number of nitrogens with one attached hydrogen (secondary N) is 1. The molecule has 30 heavy (non-hydrogen) atoms. The van der Waals surface area contributed by atoms with Crippen molar-refractivity contribution in [1.29, 1.82) is 0 Å². The number of hydrogen-bond donors (Lipinski definition) is 1. The van der Waals surface area contributed by atoms with Crippen LogP contribution in [0.4, 0.5) is 19.6 Å². The van der Waals surface area contributed by atoms with Crippen molar-refractivity contribution in [3.8, 4) is 0 Å². The molecule has 0 spiro atoms. The zero-order valence-corrected chi connectivity index (χ0v) is 18.2. The monoisotopic (exact) mass is 464 g/mol. The van der Waals surface area contributed by atoms with Gasteiger partial charge >= 0.3 is 0 Å². The van der Waals surface area contributed by atoms with E-state index in [1.54, 1.807) is 24.3 Å². The second-order valence-electron chi connectivity index (χ2n) is 6.52. The van der Waals surface area contributed by atoms with Gasteiger partial charge in [-0.3, -0.25) is 4.79 Å². The van der Waals surface area contributed by atoms with Crippen molar-refractivity contribution in [3.05, 3.63) is 59.7 Å². The summed E-state index contributed by atoms with van der Waals surface area (Å²) in [4.78, 5) is 15.0. The Morgan fingerprint density at radius 1 is 1.13 bits per heavy atom. The molecule has 2 heterocycles. The Hall–Kier alpha value is -2.17. The summed E-state index contributed by atoms with van der Waals surface area (Å²) in [6, 6.07) is 14.9. The number of benzene rings is 2. The number of nitrogens with zero attached hydrogens (tertiary/aromatic N) is 3. The number of fused-ring (bicyclic) bond motifs is 1. The Morgan fingerprint density at radius 3 is 2.67 bits per heavy atom. The Kier molecular flexibility index (Phi) is 6.86. The number of rotatable bonds is 7. The van der Waals surface area contributed by atoms with Crippen molar-refractivity contribution in [1.82, 2.24) is 15.1 Å². The predicted molar refractivity (Wildman–Crippen MR) is 118 cm³/mol. The zero-order chi connectivity index (χ0) is 20.9. The number of halogens is 2. The van der Waals surface area contributed by atoms with E-state index >= 15 is 0 Å². The van der Waals surface area contributed by atoms with Gasteiger partial charge in [-0.05, 0) is 41.8 Å². The maximum atomic E-state index is 12.6. The van der Waals surface area contributed by atoms with Gasteiger partial charge in [0.25, 0.3) is 5.76 Å². The summed E-state index contributed by atoms with van der Waals surface area (Å²) in [5.74, 6) is -2.03. The number of carbonyl (C=O) groups is 1. The smallest absolute Gasteiger partial charge is 0.288 e. The first-order valence-electron chi connectivity index (χ1n) is 9.19. The largest absolute Gasteiger partial charge is 0.337 e. The van der Waals surface area contributed by atoms with Gasteiger partial charge in [-0.1, -0.05) is 59.1 Å². The molecule has 0 atom stereocenters. The molecule has 156 valence electrons. The van der Waals surface area contributed by atoms with Crippen LogP contribution in [0.5, 0.6) is 0 Å². The van der Waals surface area contributed by atoms with E-state index < -0.39 is 5.76 Å². The van der Waals surface area contributed by atoms with Gasteiger partial charge in [-0.2, -0.15) is 8.78 Å². The third-order valence-electron chi connectivity index (χ3n) is 4.54. The van der Waals surface area contributed by atoms with Gasteiger partial charge in [0, 0.05) is 23.7 Å². The van der Waals surface area contributed by atoms with E-state index in [2.05, 4.69) is 27.6 Å². The van der Waals surface area contributed by atoms with Crippen molar-refractivity contribution in [2.75, 3.05) is 17.6 Å². The molecule has 1 aromatic heterocycles. The van der Waals surface area contributed by atoms with Crippen LogP contribution in [0, 0.1) is 0 Å². The third kappa shape index (κ3) is 5.50. The fourth-order valence-corrected chi connectivity index (χ4v) is 5.26. The molecule has 0 radical (unpaired) electrons. The molecule has 5 nitrogen and oxygen atoms in total. The van der Waals surface area contributed by atoms with Crippen LogP contribution in [-0.4, -0.2) is 39.1 Å². The quantitative estimate of drug-likeness (QED) is 0.481. The van der Waals surface area contributed by atoms with Crippen LogP contribution < -0.4 is 5.32 Å². The van der Waals surface area contributed by atoms with Gasteiger partial charge in [-0.15, -0.1) is 10.2 Å². The highest BCUT2D eigenvalue weighted by atomic mass is 32.2. The van der Waals surface area contributed by atoms with E-state index in [0.29, 0.717) is 38.4 Å². The Morgan fingerprint density at radius 2 is 1.90 bits per heavy atom. The predicted octanol–water partition coefficient (Wildman–Crippen LogP) is 5.27. The summed E-state index contributed by atoms with van der Waals surface area (Å²) in [5, 5.41) is 11.9. The molecule has 2 aromatic carbocycles. The van der Waals surface area contributed by atoms with E-state index in [1.165, 1.54) is 34.2 Å². The van der Waals surface area contributed by atoms with Gasteiger partial charge in [-0.25, -0.2) is 0 Å². The van der Waals surface area contributed by atoms with E-state index in [0.717, 1.165) is 18.7 Å². The molecule has 10 heteroatoms. The molecule has 3 aromatic rings. The zero-order valence-electron chi connectivity index (χ0n) is 15.8. The molecule has 0 aliphatic carbocycles. The second-order valence-corrected chi connectivity index (χ2v) is 9.79. The van der Waals surface area contributed by atoms with Crippen molar-refractivity contribution < 1.29 is 13.6 Å². The second kappa shape index (κ2) is 9.76. The number of anilines is 2. The van der Waals surface area contributed by atoms with Gasteiger partial charge in [0.15, 0.2) is 4.34 Å². The van der Waals surface area contributed by atoms with Crippen LogP contribution in [0.1, 0.15) is 11.1 Å². The molecule has 0 saturated carbocycles. The fourth-order valence-electron chi connectivity index (χ4n) is 3.09. The number of alkyl halides is 2. The molecule has 1 amide bonds. The highest BCUT2D eigenvalue weighted by Gasteiger charge is 2.20. The Balaban J connectivity index is 1.28. The molecule has 1 N–H and O–H groups in total. The molecule has 0 saturated heterocycles. The third-order valence-corrected chi connectivity index (χ3v) is 7.22. The first kappa shape index (κ1) is 21.1. The lowest BCUT2D eigenvalue weighted by Gasteiger charge is -2.28. The minimum Gasteiger partial charge on any atom is -0.337 e. The normalized spacial score (nSPS) is 13.4. The molecular weight excluding hydrogens is 446 g/mol. The minimum absolute atomic E-state index is 0.0892. The van der Waals surface area contributed by atoms with Crippen LogP contribution in [0.3, 0.4) is 0 Å². The number of amides is 1. The summed E-state index contributed by atoms with van der Waals surface area (Å²) in [7, 11) is 0. The van der Waals surface area contributed by atoms with E-state index in [4.69, 9.17) is 0 Å². The molecule has 4 rings (SSSR count). The molecule has 0 unspecified atom stereocenters. The van der Waals surface area contributed by atoms with Crippen molar-refractivity contribution in [3.63, 3.8) is 0 Å². The van der Waals surface area contributed by atoms with Crippen LogP contribution in [0.25, 0.3) is 0 Å². The number of thioether (sulfide) groups is 2. The molecule has 0 bridgehead atoms. The lowest BCUT2D eigenvalue weighted by Crippen LogP contribution is -2.37. The lowest BCUT2D eigenvalue weighted by molar-refractivity contribution is -0.129. The molecular formula is C20H18F2N4OS3. The average molecular weight is 465 g/mol. The van der Waals surface area contributed by atoms with Crippen LogP contribution in [0.2, 0.25) is 0 Å². The van der Waals surface area contributed by atoms with Gasteiger partial charge in [0.1, 0.15) is 0 Å². The summed E-state index contributed by atoms with van der Waals surface area (Å²) < 4.78 is 25.5. The molecule has 0 fully saturated rings. The summed E-state index contributed by atoms with van der Waals surface area (Å²) in [6.07, 6.45) is 0.883. The van der Waals surface area contributed by atoms with Crippen molar-refractivity contribution in [2.24, 2.45) is 0 Å². The highest BCUT2D eigenvalue weighted by molar-refractivity contribution is 8.01. The number of aromatic nitrogens is 2. The summed E-state index contributed by atoms with van der Waals surface area (Å²) in [6.45, 7) is 1.39. The number of hydrogen-bond acceptors (Lipinski definition) is 7. The fraction of sp³-hybridized carbons (Fsp3) is 0.250. The number of carbonyl (C=O) groups excluding carboxylic acids is 1. The highest BCUT2D eigenvalue weighted by Crippen LogP contribution is 2.30. The first-order valence-corrected chi connectivity index (χ1v) is 11.9. The maximum Gasteiger partial charge on any atom is 0.288 e. The molecule has 1 aliphatic rings. The topological polar surface area (TPSA) is 58.1 Å². The van der Waals surface area contributed by atoms with E-state index in [1.807, 2.05) is 17.0 Å². The van der Waals surface area contributed by atoms with E-state index in [9.17, 15) is 13.6 Å². The SMILES string of the molecule is O=C(CSc1nnc(Nc2ccc(SC(F)F)cc2)s1)N1CCc2ccccc2C1. The van der Waals surface area contributed by atoms with E-state index in [-0.39, 0.29) is 5.91 Å². The van der Waals surface area contributed by atoms with Crippen molar-refractivity contribution >= 4 is 51.6 Å². The van der Waals surface area contributed by atoms with Crippen LogP contribution >= 0.6 is 34.9 Å². The Bertz CT molecular complexity index is 1010. The van der Waals surface area contributed by atoms with Gasteiger partial charge in [0.05, 0.1) is 5.75 Å². The van der Waals surface area contributed by atoms with Crippen LogP contribution in [-0.2, 0) is 17.8 Å². The van der Waals surface area contributed by atoms with Gasteiger partial charge < -0.3 is 10.2 Å². The van der Waals surface area contributed by atoms with Crippen molar-refractivity contribution in [2.45, 2.75) is 28.0 Å². The summed E-state index contributed by atoms with van der Waals surface area (Å²) in [5.41, 5.74) is 3.27. The Labute approximate surface area is 185 Å². The lowest BCUT2D eigenvalue weighted by atomic mass is 10.00. The standard InChI is InChI=1S/C20H18F2N4OS3/c21-18(22)29-16-7-5-15(6-8-16)23-19-24-25-20(30-19)28-12-17(27)26-10-9-13-3-1-2-4-14(13)11-26/h1-8,18H,9-12H2,(H,23,24). The van der Waals surface area contributed by atoms with Crippen LogP contribution in [0.15, 0.2) is 57.8 Å². The summed E-state index contributed by atoms with van der Waals surface area (Å²) >= 11 is 3.23. The molecule has 1 aliphatic heterocycles. The van der Waals surface area contributed by atoms with Gasteiger partial charge in [0.2, 0.25) is 11.0 Å².